The molecule has 8 heteroatoms. The average molecular weight is 348 g/mol. The summed E-state index contributed by atoms with van der Waals surface area (Å²) in [6, 6.07) is 0. The molecular formula is C16H32N2O6. The van der Waals surface area contributed by atoms with Crippen molar-refractivity contribution in [2.75, 3.05) is 13.1 Å². The van der Waals surface area contributed by atoms with Crippen molar-refractivity contribution in [3.8, 4) is 0 Å². The van der Waals surface area contributed by atoms with Gasteiger partial charge in [-0.3, -0.25) is 0 Å². The van der Waals surface area contributed by atoms with Gasteiger partial charge < -0.3 is 30.3 Å². The van der Waals surface area contributed by atoms with Gasteiger partial charge in [0.25, 0.3) is 0 Å². The minimum Gasteiger partial charge on any atom is -0.444 e. The van der Waals surface area contributed by atoms with E-state index in [2.05, 4.69) is 10.6 Å². The van der Waals surface area contributed by atoms with Crippen LogP contribution >= 0.6 is 0 Å². The van der Waals surface area contributed by atoms with Crippen molar-refractivity contribution in [1.82, 2.24) is 10.6 Å². The zero-order valence-electron chi connectivity index (χ0n) is 15.5. The summed E-state index contributed by atoms with van der Waals surface area (Å²) in [7, 11) is 0. The number of aliphatic hydroxyl groups excluding tert-OH is 2. The summed E-state index contributed by atoms with van der Waals surface area (Å²) in [5, 5.41) is 24.5. The van der Waals surface area contributed by atoms with E-state index in [1.807, 2.05) is 0 Å². The Balaban J connectivity index is 3.88. The third-order valence-corrected chi connectivity index (χ3v) is 2.59. The van der Waals surface area contributed by atoms with Crippen LogP contribution < -0.4 is 10.6 Å². The Kier molecular flexibility index (Phi) is 9.06. The van der Waals surface area contributed by atoms with Gasteiger partial charge in [-0.1, -0.05) is 0 Å². The lowest BCUT2D eigenvalue weighted by molar-refractivity contribution is 0.0447. The zero-order valence-corrected chi connectivity index (χ0v) is 15.5. The summed E-state index contributed by atoms with van der Waals surface area (Å²) in [6.07, 6.45) is -2.29. The van der Waals surface area contributed by atoms with Crippen LogP contribution in [0.25, 0.3) is 0 Å². The highest BCUT2D eigenvalue weighted by Gasteiger charge is 2.18. The third kappa shape index (κ3) is 14.1. The number of amides is 2. The standard InChI is InChI=1S/C16H32N2O6/c1-15(2,3)23-13(21)17-9-11(19)7-8-12(20)10-18-14(22)24-16(4,5)6/h11-12,19-20H,7-10H2,1-6H3,(H,17,21)(H,18,22)/t11-,12-/m0/s1. The molecule has 0 aromatic heterocycles. The normalized spacial score (nSPS) is 14.5. The fraction of sp³-hybridized carbons (Fsp3) is 0.875. The van der Waals surface area contributed by atoms with Crippen LogP contribution in [-0.4, -0.2) is 58.9 Å². The number of aliphatic hydroxyl groups is 2. The fourth-order valence-corrected chi connectivity index (χ4v) is 1.62. The molecule has 24 heavy (non-hydrogen) atoms. The van der Waals surface area contributed by atoms with Crippen LogP contribution in [0.1, 0.15) is 54.4 Å². The quantitative estimate of drug-likeness (QED) is 0.554. The Hall–Kier alpha value is -1.54. The lowest BCUT2D eigenvalue weighted by atomic mass is 10.1. The molecule has 0 aromatic rings. The second-order valence-corrected chi connectivity index (χ2v) is 7.65. The first-order valence-electron chi connectivity index (χ1n) is 8.08. The molecule has 0 radical (unpaired) electrons. The number of rotatable bonds is 7. The number of ether oxygens (including phenoxy) is 2. The van der Waals surface area contributed by atoms with Crippen LogP contribution in [0.3, 0.4) is 0 Å². The van der Waals surface area contributed by atoms with E-state index in [9.17, 15) is 19.8 Å². The molecule has 0 saturated heterocycles. The largest absolute Gasteiger partial charge is 0.444 e. The zero-order chi connectivity index (χ0) is 19.0. The first-order valence-corrected chi connectivity index (χ1v) is 8.08. The molecule has 0 bridgehead atoms. The molecule has 0 rings (SSSR count). The van der Waals surface area contributed by atoms with Gasteiger partial charge in [0.2, 0.25) is 0 Å². The molecule has 142 valence electrons. The second kappa shape index (κ2) is 9.68. The Morgan fingerprint density at radius 2 is 1.08 bits per heavy atom. The van der Waals surface area contributed by atoms with Crippen LogP contribution in [0.4, 0.5) is 9.59 Å². The van der Waals surface area contributed by atoms with Gasteiger partial charge in [0.1, 0.15) is 11.2 Å². The van der Waals surface area contributed by atoms with Gasteiger partial charge in [-0.15, -0.1) is 0 Å². The van der Waals surface area contributed by atoms with Crippen LogP contribution in [0, 0.1) is 0 Å². The molecule has 0 aliphatic rings. The number of carbonyl (C=O) groups excluding carboxylic acids is 2. The molecule has 0 saturated carbocycles. The number of alkyl carbamates (subject to hydrolysis) is 2. The molecule has 2 amide bonds. The summed E-state index contributed by atoms with van der Waals surface area (Å²) in [4.78, 5) is 22.9. The predicted molar refractivity (Wildman–Crippen MR) is 89.7 cm³/mol. The van der Waals surface area contributed by atoms with E-state index >= 15 is 0 Å². The first-order chi connectivity index (χ1) is 10.8. The average Bonchev–Trinajstić information content (AvgIpc) is 2.36. The summed E-state index contributed by atoms with van der Waals surface area (Å²) < 4.78 is 10.1. The van der Waals surface area contributed by atoms with E-state index in [4.69, 9.17) is 9.47 Å². The minimum absolute atomic E-state index is 0.0289. The molecule has 0 unspecified atom stereocenters. The molecule has 2 atom stereocenters. The topological polar surface area (TPSA) is 117 Å². The SMILES string of the molecule is CC(C)(C)OC(=O)NC[C@@H](O)CC[C@H](O)CNC(=O)OC(C)(C)C. The van der Waals surface area contributed by atoms with Crippen molar-refractivity contribution >= 4 is 12.2 Å². The van der Waals surface area contributed by atoms with Crippen molar-refractivity contribution in [2.24, 2.45) is 0 Å². The van der Waals surface area contributed by atoms with E-state index < -0.39 is 35.6 Å². The highest BCUT2D eigenvalue weighted by Crippen LogP contribution is 2.08. The van der Waals surface area contributed by atoms with E-state index in [0.717, 1.165) is 0 Å². The molecule has 0 spiro atoms. The fourth-order valence-electron chi connectivity index (χ4n) is 1.62. The van der Waals surface area contributed by atoms with E-state index in [1.165, 1.54) is 0 Å². The second-order valence-electron chi connectivity index (χ2n) is 7.65. The van der Waals surface area contributed by atoms with Gasteiger partial charge in [0, 0.05) is 13.1 Å². The molecule has 4 N–H and O–H groups in total. The highest BCUT2D eigenvalue weighted by atomic mass is 16.6. The lowest BCUT2D eigenvalue weighted by Gasteiger charge is -2.21. The number of carbonyl (C=O) groups is 2. The number of hydrogen-bond acceptors (Lipinski definition) is 6. The van der Waals surface area contributed by atoms with Crippen LogP contribution in [0.15, 0.2) is 0 Å². The molecule has 0 aliphatic heterocycles. The summed E-state index contributed by atoms with van der Waals surface area (Å²) in [6.45, 7) is 10.5. The van der Waals surface area contributed by atoms with Crippen LogP contribution in [0.5, 0.6) is 0 Å². The van der Waals surface area contributed by atoms with E-state index in [-0.39, 0.29) is 25.9 Å². The molecule has 0 aliphatic carbocycles. The molecule has 0 heterocycles. The van der Waals surface area contributed by atoms with E-state index in [1.54, 1.807) is 41.5 Å². The van der Waals surface area contributed by atoms with Crippen molar-refractivity contribution in [1.29, 1.82) is 0 Å². The van der Waals surface area contributed by atoms with Crippen molar-refractivity contribution in [3.05, 3.63) is 0 Å². The third-order valence-electron chi connectivity index (χ3n) is 2.59. The Bertz CT molecular complexity index is 362. The van der Waals surface area contributed by atoms with Gasteiger partial charge in [0.05, 0.1) is 12.2 Å². The van der Waals surface area contributed by atoms with Gasteiger partial charge >= 0.3 is 12.2 Å². The predicted octanol–water partition coefficient (Wildman–Crippen LogP) is 1.54. The first kappa shape index (κ1) is 22.5. The van der Waals surface area contributed by atoms with Crippen LogP contribution in [-0.2, 0) is 9.47 Å². The molecule has 0 aromatic carbocycles. The summed E-state index contributed by atoms with van der Waals surface area (Å²) >= 11 is 0. The van der Waals surface area contributed by atoms with E-state index in [0.29, 0.717) is 0 Å². The molecular weight excluding hydrogens is 316 g/mol. The number of nitrogens with one attached hydrogen (secondary N) is 2. The minimum atomic E-state index is -0.811. The summed E-state index contributed by atoms with van der Waals surface area (Å²) in [5.74, 6) is 0. The maximum atomic E-state index is 11.4. The van der Waals surface area contributed by atoms with Crippen molar-refractivity contribution in [3.63, 3.8) is 0 Å². The Morgan fingerprint density at radius 1 is 0.792 bits per heavy atom. The Morgan fingerprint density at radius 3 is 1.33 bits per heavy atom. The smallest absolute Gasteiger partial charge is 0.407 e. The van der Waals surface area contributed by atoms with Gasteiger partial charge in [-0.2, -0.15) is 0 Å². The van der Waals surface area contributed by atoms with Gasteiger partial charge in [0.15, 0.2) is 0 Å². The maximum Gasteiger partial charge on any atom is 0.407 e. The Labute approximate surface area is 143 Å². The van der Waals surface area contributed by atoms with Gasteiger partial charge in [-0.05, 0) is 54.4 Å². The monoisotopic (exact) mass is 348 g/mol. The van der Waals surface area contributed by atoms with Crippen molar-refractivity contribution < 1.29 is 29.3 Å². The maximum absolute atomic E-state index is 11.4. The van der Waals surface area contributed by atoms with Crippen LogP contribution in [0.2, 0.25) is 0 Å². The number of hydrogen-bond donors (Lipinski definition) is 4. The lowest BCUT2D eigenvalue weighted by Crippen LogP contribution is -2.38. The summed E-state index contributed by atoms with van der Waals surface area (Å²) in [5.41, 5.74) is -1.20. The molecule has 0 fully saturated rings. The van der Waals surface area contributed by atoms with Crippen molar-refractivity contribution in [2.45, 2.75) is 77.8 Å². The van der Waals surface area contributed by atoms with Gasteiger partial charge in [-0.25, -0.2) is 9.59 Å². The highest BCUT2D eigenvalue weighted by molar-refractivity contribution is 5.68. The molecule has 8 nitrogen and oxygen atoms in total.